The van der Waals surface area contributed by atoms with Gasteiger partial charge in [-0.1, -0.05) is 12.1 Å². The smallest absolute Gasteiger partial charge is 0.255 e. The molecule has 5 rings (SSSR count). The summed E-state index contributed by atoms with van der Waals surface area (Å²) in [5.74, 6) is 1.39. The van der Waals surface area contributed by atoms with Crippen LogP contribution in [0.2, 0.25) is 0 Å². The van der Waals surface area contributed by atoms with Crippen molar-refractivity contribution in [2.24, 2.45) is 5.92 Å². The molecule has 0 radical (unpaired) electrons. The third-order valence-electron chi connectivity index (χ3n) is 6.38. The number of piperidine rings is 1. The van der Waals surface area contributed by atoms with E-state index in [9.17, 15) is 14.4 Å². The summed E-state index contributed by atoms with van der Waals surface area (Å²) in [4.78, 5) is 34.7. The van der Waals surface area contributed by atoms with Crippen molar-refractivity contribution in [2.45, 2.75) is 32.7 Å². The van der Waals surface area contributed by atoms with Crippen LogP contribution >= 0.6 is 0 Å². The number of pyridine rings is 1. The zero-order valence-electron chi connectivity index (χ0n) is 19.4. The van der Waals surface area contributed by atoms with Crippen molar-refractivity contribution >= 4 is 18.3 Å². The Kier molecular flexibility index (Phi) is 7.23. The van der Waals surface area contributed by atoms with Crippen LogP contribution in [-0.2, 0) is 11.3 Å². The van der Waals surface area contributed by atoms with Gasteiger partial charge in [0.1, 0.15) is 5.76 Å². The molecule has 34 heavy (non-hydrogen) atoms. The van der Waals surface area contributed by atoms with Gasteiger partial charge in [0.05, 0.1) is 12.0 Å². The fourth-order valence-electron chi connectivity index (χ4n) is 4.45. The number of benzene rings is 1. The summed E-state index contributed by atoms with van der Waals surface area (Å²) in [5.41, 5.74) is 4.20. The molecular formula is C27H29N3O4. The standard InChI is InChI=1S/C16H15NO3.C11H14N2O/c1-11-5-6-13(8-12(11)2)16(19)17-14(10-18)9-15-4-3-7-20-15;14-11-3-1-2-10-9-4-8(5-12-6-9)7-13(10)11/h3-10H,1-2H3,(H,17,19);1-3,8-9,12H,4-7H2/b14-9-;. The molecule has 2 N–H and O–H groups in total. The Bertz CT molecular complexity index is 1260. The highest BCUT2D eigenvalue weighted by atomic mass is 16.3. The first-order valence-corrected chi connectivity index (χ1v) is 11.4. The topological polar surface area (TPSA) is 93.3 Å². The number of aldehydes is 1. The molecule has 1 amide bonds. The second-order valence-electron chi connectivity index (χ2n) is 8.84. The number of carbonyl (C=O) groups excluding carboxylic acids is 2. The van der Waals surface area contributed by atoms with Crippen molar-refractivity contribution in [3.8, 4) is 0 Å². The number of furan rings is 1. The molecule has 4 heterocycles. The van der Waals surface area contributed by atoms with Gasteiger partial charge in [0.15, 0.2) is 6.29 Å². The molecule has 1 fully saturated rings. The summed E-state index contributed by atoms with van der Waals surface area (Å²) in [5, 5.41) is 5.99. The summed E-state index contributed by atoms with van der Waals surface area (Å²) in [6, 6.07) is 14.4. The Labute approximate surface area is 198 Å². The molecule has 7 heteroatoms. The van der Waals surface area contributed by atoms with Crippen molar-refractivity contribution in [2.75, 3.05) is 13.1 Å². The molecule has 2 aliphatic heterocycles. The van der Waals surface area contributed by atoms with Gasteiger partial charge in [-0.05, 0) is 74.2 Å². The minimum absolute atomic E-state index is 0.156. The van der Waals surface area contributed by atoms with Crippen molar-refractivity contribution in [1.82, 2.24) is 15.2 Å². The summed E-state index contributed by atoms with van der Waals surface area (Å²) in [7, 11) is 0. The fraction of sp³-hybridized carbons (Fsp3) is 0.296. The highest BCUT2D eigenvalue weighted by molar-refractivity contribution is 5.99. The van der Waals surface area contributed by atoms with E-state index in [0.29, 0.717) is 29.4 Å². The van der Waals surface area contributed by atoms with E-state index in [1.165, 1.54) is 24.5 Å². The van der Waals surface area contributed by atoms with Gasteiger partial charge >= 0.3 is 0 Å². The number of carbonyl (C=O) groups is 2. The third kappa shape index (κ3) is 5.43. The molecule has 1 aromatic carbocycles. The van der Waals surface area contributed by atoms with Crippen LogP contribution in [-0.4, -0.2) is 29.8 Å². The van der Waals surface area contributed by atoms with Crippen LogP contribution in [0.15, 0.2) is 69.7 Å². The monoisotopic (exact) mass is 459 g/mol. The molecule has 2 atom stereocenters. The van der Waals surface area contributed by atoms with E-state index in [1.54, 1.807) is 30.3 Å². The van der Waals surface area contributed by atoms with Gasteiger partial charge in [-0.2, -0.15) is 0 Å². The number of hydrogen-bond donors (Lipinski definition) is 2. The predicted octanol–water partition coefficient (Wildman–Crippen LogP) is 3.42. The lowest BCUT2D eigenvalue weighted by molar-refractivity contribution is -0.105. The van der Waals surface area contributed by atoms with Crippen LogP contribution in [0.4, 0.5) is 0 Å². The Morgan fingerprint density at radius 2 is 1.97 bits per heavy atom. The van der Waals surface area contributed by atoms with Crippen LogP contribution in [0.5, 0.6) is 0 Å². The maximum Gasteiger partial charge on any atom is 0.255 e. The minimum atomic E-state index is -0.321. The molecule has 7 nitrogen and oxygen atoms in total. The summed E-state index contributed by atoms with van der Waals surface area (Å²) in [6.07, 6.45) is 4.81. The van der Waals surface area contributed by atoms with Crippen molar-refractivity contribution in [3.05, 3.63) is 99.0 Å². The quantitative estimate of drug-likeness (QED) is 0.461. The first-order valence-electron chi connectivity index (χ1n) is 11.4. The Hall–Kier alpha value is -3.71. The van der Waals surface area contributed by atoms with Gasteiger partial charge in [-0.15, -0.1) is 0 Å². The van der Waals surface area contributed by atoms with E-state index in [0.717, 1.165) is 30.8 Å². The largest absolute Gasteiger partial charge is 0.465 e. The second kappa shape index (κ2) is 10.5. The molecule has 176 valence electrons. The van der Waals surface area contributed by atoms with Crippen LogP contribution in [0.25, 0.3) is 6.08 Å². The fourth-order valence-corrected chi connectivity index (χ4v) is 4.45. The van der Waals surface area contributed by atoms with Crippen LogP contribution in [0.3, 0.4) is 0 Å². The zero-order chi connectivity index (χ0) is 24.1. The maximum absolute atomic E-state index is 12.1. The van der Waals surface area contributed by atoms with E-state index >= 15 is 0 Å². The van der Waals surface area contributed by atoms with E-state index in [-0.39, 0.29) is 17.2 Å². The molecule has 3 aromatic rings. The van der Waals surface area contributed by atoms with E-state index < -0.39 is 0 Å². The number of aryl methyl sites for hydroxylation is 2. The summed E-state index contributed by atoms with van der Waals surface area (Å²) >= 11 is 0. The molecule has 2 bridgehead atoms. The van der Waals surface area contributed by atoms with Crippen LogP contribution in [0, 0.1) is 19.8 Å². The number of fused-ring (bicyclic) bond motifs is 4. The summed E-state index contributed by atoms with van der Waals surface area (Å²) in [6.45, 7) is 6.91. The molecule has 1 saturated heterocycles. The number of hydrogen-bond acceptors (Lipinski definition) is 5. The lowest BCUT2D eigenvalue weighted by Gasteiger charge is -2.37. The number of allylic oxidation sites excluding steroid dienone is 1. The molecule has 2 aromatic heterocycles. The second-order valence-corrected chi connectivity index (χ2v) is 8.84. The summed E-state index contributed by atoms with van der Waals surface area (Å²) < 4.78 is 7.06. The number of amides is 1. The van der Waals surface area contributed by atoms with Gasteiger partial charge in [0.25, 0.3) is 11.5 Å². The van der Waals surface area contributed by atoms with Crippen molar-refractivity contribution < 1.29 is 14.0 Å². The van der Waals surface area contributed by atoms with Gasteiger partial charge < -0.3 is 19.6 Å². The molecule has 0 spiro atoms. The lowest BCUT2D eigenvalue weighted by Crippen LogP contribution is -2.44. The number of nitrogens with zero attached hydrogens (tertiary/aromatic N) is 1. The molecule has 0 aliphatic carbocycles. The normalized spacial score (nSPS) is 18.8. The highest BCUT2D eigenvalue weighted by Gasteiger charge is 2.30. The highest BCUT2D eigenvalue weighted by Crippen LogP contribution is 2.31. The average molecular weight is 460 g/mol. The first kappa shape index (κ1) is 23.4. The predicted molar refractivity (Wildman–Crippen MR) is 131 cm³/mol. The third-order valence-corrected chi connectivity index (χ3v) is 6.38. The van der Waals surface area contributed by atoms with E-state index in [2.05, 4.69) is 16.7 Å². The van der Waals surface area contributed by atoms with Gasteiger partial charge in [0, 0.05) is 42.4 Å². The minimum Gasteiger partial charge on any atom is -0.465 e. The average Bonchev–Trinajstić information content (AvgIpc) is 3.35. The van der Waals surface area contributed by atoms with Gasteiger partial charge in [-0.3, -0.25) is 14.4 Å². The maximum atomic E-state index is 12.1. The van der Waals surface area contributed by atoms with Crippen molar-refractivity contribution in [3.63, 3.8) is 0 Å². The molecule has 2 aliphatic rings. The Morgan fingerprint density at radius 3 is 2.71 bits per heavy atom. The molecular weight excluding hydrogens is 430 g/mol. The molecule has 0 saturated carbocycles. The first-order chi connectivity index (χ1) is 16.4. The van der Waals surface area contributed by atoms with Crippen LogP contribution < -0.4 is 16.2 Å². The zero-order valence-corrected chi connectivity index (χ0v) is 19.4. The van der Waals surface area contributed by atoms with E-state index in [1.807, 2.05) is 30.5 Å². The van der Waals surface area contributed by atoms with Crippen LogP contribution in [0.1, 0.15) is 45.3 Å². The molecule has 2 unspecified atom stereocenters. The van der Waals surface area contributed by atoms with Gasteiger partial charge in [0.2, 0.25) is 0 Å². The Balaban J connectivity index is 0.000000170. The number of aromatic nitrogens is 1. The Morgan fingerprint density at radius 1 is 1.12 bits per heavy atom. The van der Waals surface area contributed by atoms with E-state index in [4.69, 9.17) is 4.42 Å². The number of nitrogens with one attached hydrogen (secondary N) is 2. The van der Waals surface area contributed by atoms with Crippen molar-refractivity contribution in [1.29, 1.82) is 0 Å². The SMILES string of the molecule is Cc1ccc(C(=O)N/C(C=O)=C\c2ccco2)cc1C.O=c1cccc2n1CC1CNCC2C1. The number of rotatable bonds is 4. The van der Waals surface area contributed by atoms with Gasteiger partial charge in [-0.25, -0.2) is 0 Å². The lowest BCUT2D eigenvalue weighted by atomic mass is 9.84.